The summed E-state index contributed by atoms with van der Waals surface area (Å²) in [5.74, 6) is 2.41. The molecule has 0 aromatic carbocycles. The molecule has 3 heteroatoms. The van der Waals surface area contributed by atoms with Gasteiger partial charge in [0.1, 0.15) is 6.10 Å². The molecule has 2 N–H and O–H groups in total. The Balaban J connectivity index is 3.27. The van der Waals surface area contributed by atoms with Crippen molar-refractivity contribution in [1.29, 1.82) is 0 Å². The van der Waals surface area contributed by atoms with Crippen LogP contribution in [0.15, 0.2) is 0 Å². The van der Waals surface area contributed by atoms with Gasteiger partial charge in [0.05, 0.1) is 0 Å². The maximum absolute atomic E-state index is 8.69. The fourth-order valence-corrected chi connectivity index (χ4v) is 0.522. The summed E-state index contributed by atoms with van der Waals surface area (Å²) in [5, 5.41) is 16.9. The summed E-state index contributed by atoms with van der Waals surface area (Å²) in [5.41, 5.74) is 0. The molecule has 2 nitrogen and oxygen atoms in total. The average Bonchev–Trinajstić information content (AvgIpc) is 1.68. The smallest absolute Gasteiger partial charge is 0.117 e. The van der Waals surface area contributed by atoms with Gasteiger partial charge in [-0.1, -0.05) is 5.92 Å². The van der Waals surface area contributed by atoms with E-state index < -0.39 is 6.10 Å². The highest BCUT2D eigenvalue weighted by molar-refractivity contribution is 9.12. The van der Waals surface area contributed by atoms with E-state index in [-0.39, 0.29) is 6.61 Å². The number of aliphatic hydroxyl groups excluding tert-OH is 2. The van der Waals surface area contributed by atoms with Crippen molar-refractivity contribution in [3.63, 3.8) is 0 Å². The Hall–Kier alpha value is -0.0400. The Morgan fingerprint density at radius 2 is 2.25 bits per heavy atom. The molecule has 0 rings (SSSR count). The second-order valence-corrected chi connectivity index (χ2v) is 1.66. The summed E-state index contributed by atoms with van der Waals surface area (Å²) in [6, 6.07) is 0. The van der Waals surface area contributed by atoms with Crippen LogP contribution in [0, 0.1) is 10.8 Å². The molecule has 0 aromatic heterocycles. The normalized spacial score (nSPS) is 11.9. The number of rotatable bonds is 2. The first-order valence-corrected chi connectivity index (χ1v) is 3.00. The van der Waals surface area contributed by atoms with Crippen LogP contribution < -0.4 is 0 Å². The Morgan fingerprint density at radius 1 is 1.62 bits per heavy atom. The highest BCUT2D eigenvalue weighted by Gasteiger charge is 1.93. The summed E-state index contributed by atoms with van der Waals surface area (Å²) in [7, 11) is 0. The molecule has 0 amide bonds. The van der Waals surface area contributed by atoms with Crippen LogP contribution in [0.2, 0.25) is 0 Å². The quantitative estimate of drug-likeness (QED) is 0.589. The molecule has 0 spiro atoms. The van der Waals surface area contributed by atoms with E-state index in [1.807, 2.05) is 0 Å². The summed E-state index contributed by atoms with van der Waals surface area (Å²) >= 11 is 2.82. The van der Waals surface area contributed by atoms with Gasteiger partial charge in [-0.25, -0.2) is 0 Å². The number of hydrogen-bond donors (Lipinski definition) is 2. The first-order valence-electron chi connectivity index (χ1n) is 2.21. The third-order valence-corrected chi connectivity index (χ3v) is 0.853. The third kappa shape index (κ3) is 4.13. The van der Waals surface area contributed by atoms with E-state index in [0.717, 1.165) is 0 Å². The molecule has 0 fully saturated rings. The van der Waals surface area contributed by atoms with Crippen molar-refractivity contribution in [3.05, 3.63) is 0 Å². The molecule has 0 bridgehead atoms. The lowest BCUT2D eigenvalue weighted by molar-refractivity contribution is 0.177. The lowest BCUT2D eigenvalue weighted by atomic mass is 10.3. The minimum atomic E-state index is -0.695. The molecule has 0 heterocycles. The van der Waals surface area contributed by atoms with Crippen LogP contribution in [-0.4, -0.2) is 22.9 Å². The van der Waals surface area contributed by atoms with Gasteiger partial charge in [0.25, 0.3) is 0 Å². The van der Waals surface area contributed by atoms with Gasteiger partial charge >= 0.3 is 0 Å². The van der Waals surface area contributed by atoms with Crippen LogP contribution in [0.5, 0.6) is 0 Å². The van der Waals surface area contributed by atoms with Crippen molar-refractivity contribution in [3.8, 4) is 10.8 Å². The number of halogens is 1. The van der Waals surface area contributed by atoms with Crippen molar-refractivity contribution in [2.24, 2.45) is 0 Å². The first-order chi connectivity index (χ1) is 3.81. The number of aliphatic hydroxyl groups is 2. The fraction of sp³-hybridized carbons (Fsp3) is 0.600. The highest BCUT2D eigenvalue weighted by Crippen LogP contribution is 1.86. The summed E-state index contributed by atoms with van der Waals surface area (Å²) in [6.07, 6.45) is -0.377. The SMILES string of the molecule is OCCC(O)C#CBr. The Morgan fingerprint density at radius 3 is 2.62 bits per heavy atom. The lowest BCUT2D eigenvalue weighted by Gasteiger charge is -1.95. The molecule has 8 heavy (non-hydrogen) atoms. The van der Waals surface area contributed by atoms with E-state index >= 15 is 0 Å². The average molecular weight is 179 g/mol. The molecular weight excluding hydrogens is 172 g/mol. The van der Waals surface area contributed by atoms with Gasteiger partial charge < -0.3 is 10.2 Å². The van der Waals surface area contributed by atoms with Crippen molar-refractivity contribution >= 4 is 15.9 Å². The minimum absolute atomic E-state index is 0.0250. The summed E-state index contributed by atoms with van der Waals surface area (Å²) in [6.45, 7) is -0.0250. The number of hydrogen-bond acceptors (Lipinski definition) is 2. The van der Waals surface area contributed by atoms with Crippen molar-refractivity contribution in [2.45, 2.75) is 12.5 Å². The predicted molar refractivity (Wildman–Crippen MR) is 34.4 cm³/mol. The molecule has 0 aliphatic carbocycles. The molecule has 46 valence electrons. The standard InChI is InChI=1S/C5H7BrO2/c6-3-1-5(8)2-4-7/h5,7-8H,2,4H2. The van der Waals surface area contributed by atoms with Gasteiger partial charge in [0.2, 0.25) is 0 Å². The third-order valence-electron chi connectivity index (χ3n) is 0.624. The van der Waals surface area contributed by atoms with Crippen LogP contribution in [0.3, 0.4) is 0 Å². The molecular formula is C5H7BrO2. The fourth-order valence-electron chi connectivity index (χ4n) is 0.257. The maximum Gasteiger partial charge on any atom is 0.117 e. The zero-order valence-electron chi connectivity index (χ0n) is 4.26. The monoisotopic (exact) mass is 178 g/mol. The molecule has 0 radical (unpaired) electrons. The minimum Gasteiger partial charge on any atom is -0.396 e. The van der Waals surface area contributed by atoms with Gasteiger partial charge in [-0.15, -0.1) is 0 Å². The highest BCUT2D eigenvalue weighted by atomic mass is 79.9. The van der Waals surface area contributed by atoms with Crippen LogP contribution >= 0.6 is 15.9 Å². The van der Waals surface area contributed by atoms with E-state index in [4.69, 9.17) is 10.2 Å². The molecule has 0 saturated carbocycles. The zero-order valence-corrected chi connectivity index (χ0v) is 5.85. The van der Waals surface area contributed by atoms with Crippen LogP contribution in [-0.2, 0) is 0 Å². The van der Waals surface area contributed by atoms with Crippen molar-refractivity contribution < 1.29 is 10.2 Å². The van der Waals surface area contributed by atoms with Crippen LogP contribution in [0.1, 0.15) is 6.42 Å². The van der Waals surface area contributed by atoms with E-state index in [1.54, 1.807) is 0 Å². The lowest BCUT2D eigenvalue weighted by Crippen LogP contribution is -2.04. The second kappa shape index (κ2) is 5.10. The largest absolute Gasteiger partial charge is 0.396 e. The second-order valence-electron chi connectivity index (χ2n) is 1.27. The molecule has 0 aliphatic heterocycles. The van der Waals surface area contributed by atoms with E-state index in [2.05, 4.69) is 26.7 Å². The van der Waals surface area contributed by atoms with Gasteiger partial charge in [-0.2, -0.15) is 0 Å². The Kier molecular flexibility index (Phi) is 5.08. The van der Waals surface area contributed by atoms with Crippen LogP contribution in [0.4, 0.5) is 0 Å². The maximum atomic E-state index is 8.69. The van der Waals surface area contributed by atoms with E-state index in [0.29, 0.717) is 6.42 Å². The summed E-state index contributed by atoms with van der Waals surface area (Å²) < 4.78 is 0. The zero-order chi connectivity index (χ0) is 6.41. The van der Waals surface area contributed by atoms with Crippen molar-refractivity contribution in [2.75, 3.05) is 6.61 Å². The molecule has 0 aromatic rings. The molecule has 0 saturated heterocycles. The van der Waals surface area contributed by atoms with Crippen molar-refractivity contribution in [1.82, 2.24) is 0 Å². The van der Waals surface area contributed by atoms with Gasteiger partial charge in [-0.05, 0) is 4.83 Å². The molecule has 0 aliphatic rings. The Bertz CT molecular complexity index is 103. The van der Waals surface area contributed by atoms with Gasteiger partial charge in [0, 0.05) is 29.0 Å². The molecule has 1 atom stereocenters. The van der Waals surface area contributed by atoms with Crippen LogP contribution in [0.25, 0.3) is 0 Å². The van der Waals surface area contributed by atoms with E-state index in [9.17, 15) is 0 Å². The predicted octanol–water partition coefficient (Wildman–Crippen LogP) is 0.0855. The topological polar surface area (TPSA) is 40.5 Å². The van der Waals surface area contributed by atoms with Gasteiger partial charge in [0.15, 0.2) is 0 Å². The van der Waals surface area contributed by atoms with Gasteiger partial charge in [-0.3, -0.25) is 0 Å². The Labute approximate surface area is 56.7 Å². The first kappa shape index (κ1) is 7.96. The molecule has 1 unspecified atom stereocenters. The van der Waals surface area contributed by atoms with E-state index in [1.165, 1.54) is 0 Å². The summed E-state index contributed by atoms with van der Waals surface area (Å²) in [4.78, 5) is 2.35.